The van der Waals surface area contributed by atoms with Gasteiger partial charge in [-0.05, 0) is 36.2 Å². The van der Waals surface area contributed by atoms with Crippen molar-refractivity contribution in [2.24, 2.45) is 0 Å². The molecule has 2 amide bonds. The second kappa shape index (κ2) is 8.86. The van der Waals surface area contributed by atoms with Crippen LogP contribution >= 0.6 is 11.6 Å². The average Bonchev–Trinajstić information content (AvgIpc) is 2.69. The molecule has 1 aliphatic rings. The zero-order valence-electron chi connectivity index (χ0n) is 15.3. The molecule has 2 aromatic rings. The van der Waals surface area contributed by atoms with Gasteiger partial charge in [0, 0.05) is 50.9 Å². The fourth-order valence-electron chi connectivity index (χ4n) is 3.03. The number of carbonyl (C=O) groups excluding carboxylic acids is 2. The van der Waals surface area contributed by atoms with Crippen molar-refractivity contribution in [1.29, 1.82) is 0 Å². The van der Waals surface area contributed by atoms with Crippen LogP contribution in [0.4, 0.5) is 5.82 Å². The molecule has 0 saturated carbocycles. The predicted molar refractivity (Wildman–Crippen MR) is 106 cm³/mol. The molecular weight excluding hydrogens is 364 g/mol. The molecule has 0 unspecified atom stereocenters. The van der Waals surface area contributed by atoms with Crippen LogP contribution in [-0.4, -0.2) is 54.4 Å². The number of anilines is 1. The van der Waals surface area contributed by atoms with Crippen LogP contribution in [0.2, 0.25) is 5.02 Å². The Bertz CT molecular complexity index is 785. The summed E-state index contributed by atoms with van der Waals surface area (Å²) in [5, 5.41) is 3.61. The average molecular weight is 387 g/mol. The quantitative estimate of drug-likeness (QED) is 0.856. The molecule has 27 heavy (non-hydrogen) atoms. The van der Waals surface area contributed by atoms with Gasteiger partial charge in [-0.3, -0.25) is 9.59 Å². The zero-order valence-corrected chi connectivity index (χ0v) is 16.1. The van der Waals surface area contributed by atoms with Crippen LogP contribution in [0.15, 0.2) is 42.6 Å². The Labute approximate surface area is 164 Å². The maximum absolute atomic E-state index is 12.3. The van der Waals surface area contributed by atoms with E-state index in [-0.39, 0.29) is 11.8 Å². The van der Waals surface area contributed by atoms with Gasteiger partial charge in [0.05, 0.1) is 5.56 Å². The first kappa shape index (κ1) is 19.2. The molecule has 3 rings (SSSR count). The van der Waals surface area contributed by atoms with Gasteiger partial charge in [0.1, 0.15) is 5.82 Å². The highest BCUT2D eigenvalue weighted by Crippen LogP contribution is 2.14. The standard InChI is InChI=1S/C20H23ClN4O2/c1-15(26)24-10-12-25(13-11-24)19-7-4-17(14-23-19)20(27)22-9-8-16-2-5-18(21)6-3-16/h2-7,14H,8-13H2,1H3,(H,22,27). The summed E-state index contributed by atoms with van der Waals surface area (Å²) in [4.78, 5) is 32.0. The van der Waals surface area contributed by atoms with Crippen LogP contribution in [0, 0.1) is 0 Å². The molecule has 0 radical (unpaired) electrons. The Morgan fingerprint density at radius 3 is 2.37 bits per heavy atom. The lowest BCUT2D eigenvalue weighted by atomic mass is 10.1. The van der Waals surface area contributed by atoms with Gasteiger partial charge in [0.15, 0.2) is 0 Å². The summed E-state index contributed by atoms with van der Waals surface area (Å²) in [6, 6.07) is 11.2. The molecule has 0 spiro atoms. The van der Waals surface area contributed by atoms with Crippen LogP contribution in [0.1, 0.15) is 22.8 Å². The van der Waals surface area contributed by atoms with Crippen molar-refractivity contribution in [2.75, 3.05) is 37.6 Å². The lowest BCUT2D eigenvalue weighted by molar-refractivity contribution is -0.129. The predicted octanol–water partition coefficient (Wildman–Crippen LogP) is 2.38. The van der Waals surface area contributed by atoms with Gasteiger partial charge in [0.25, 0.3) is 5.91 Å². The molecule has 1 aromatic carbocycles. The molecule has 1 fully saturated rings. The molecule has 0 bridgehead atoms. The molecule has 6 nitrogen and oxygen atoms in total. The van der Waals surface area contributed by atoms with Gasteiger partial charge < -0.3 is 15.1 Å². The van der Waals surface area contributed by atoms with Crippen LogP contribution < -0.4 is 10.2 Å². The lowest BCUT2D eigenvalue weighted by Crippen LogP contribution is -2.48. The lowest BCUT2D eigenvalue weighted by Gasteiger charge is -2.34. The van der Waals surface area contributed by atoms with Gasteiger partial charge in [0.2, 0.25) is 5.91 Å². The van der Waals surface area contributed by atoms with Crippen molar-refractivity contribution in [1.82, 2.24) is 15.2 Å². The van der Waals surface area contributed by atoms with Crippen molar-refractivity contribution < 1.29 is 9.59 Å². The molecule has 1 aromatic heterocycles. The number of aromatic nitrogens is 1. The van der Waals surface area contributed by atoms with Crippen LogP contribution in [0.25, 0.3) is 0 Å². The number of carbonyl (C=O) groups is 2. The first-order chi connectivity index (χ1) is 13.0. The Kier molecular flexibility index (Phi) is 6.29. The molecule has 142 valence electrons. The monoisotopic (exact) mass is 386 g/mol. The largest absolute Gasteiger partial charge is 0.353 e. The van der Waals surface area contributed by atoms with Gasteiger partial charge in [-0.1, -0.05) is 23.7 Å². The summed E-state index contributed by atoms with van der Waals surface area (Å²) in [6.45, 7) is 5.04. The van der Waals surface area contributed by atoms with Crippen molar-refractivity contribution in [2.45, 2.75) is 13.3 Å². The normalized spacial score (nSPS) is 14.1. The van der Waals surface area contributed by atoms with Crippen molar-refractivity contribution in [3.8, 4) is 0 Å². The Hall–Kier alpha value is -2.60. The number of hydrogen-bond donors (Lipinski definition) is 1. The molecule has 0 atom stereocenters. The number of pyridine rings is 1. The molecule has 2 heterocycles. The number of halogens is 1. The first-order valence-electron chi connectivity index (χ1n) is 9.02. The summed E-state index contributed by atoms with van der Waals surface area (Å²) in [7, 11) is 0. The minimum Gasteiger partial charge on any atom is -0.353 e. The minimum absolute atomic E-state index is 0.105. The number of amides is 2. The highest BCUT2D eigenvalue weighted by molar-refractivity contribution is 6.30. The van der Waals surface area contributed by atoms with E-state index in [0.717, 1.165) is 30.9 Å². The SMILES string of the molecule is CC(=O)N1CCN(c2ccc(C(=O)NCCc3ccc(Cl)cc3)cn2)CC1. The molecule has 0 aliphatic carbocycles. The maximum Gasteiger partial charge on any atom is 0.252 e. The molecule has 1 N–H and O–H groups in total. The second-order valence-corrected chi connectivity index (χ2v) is 6.97. The maximum atomic E-state index is 12.3. The van der Waals surface area contributed by atoms with Crippen molar-refractivity contribution >= 4 is 29.2 Å². The van der Waals surface area contributed by atoms with Crippen molar-refractivity contribution in [3.63, 3.8) is 0 Å². The molecular formula is C20H23ClN4O2. The third kappa shape index (κ3) is 5.20. The van der Waals surface area contributed by atoms with Gasteiger partial charge in [-0.2, -0.15) is 0 Å². The second-order valence-electron chi connectivity index (χ2n) is 6.53. The minimum atomic E-state index is -0.135. The third-order valence-corrected chi connectivity index (χ3v) is 4.92. The van der Waals surface area contributed by atoms with Gasteiger partial charge in [-0.15, -0.1) is 0 Å². The Balaban J connectivity index is 1.48. The van der Waals surface area contributed by atoms with E-state index in [4.69, 9.17) is 11.6 Å². The highest BCUT2D eigenvalue weighted by atomic mass is 35.5. The Morgan fingerprint density at radius 1 is 1.07 bits per heavy atom. The summed E-state index contributed by atoms with van der Waals surface area (Å²) in [5.74, 6) is 0.800. The van der Waals surface area contributed by atoms with E-state index in [1.165, 1.54) is 0 Å². The van der Waals surface area contributed by atoms with E-state index >= 15 is 0 Å². The van der Waals surface area contributed by atoms with E-state index < -0.39 is 0 Å². The fourth-order valence-corrected chi connectivity index (χ4v) is 3.16. The third-order valence-electron chi connectivity index (χ3n) is 4.67. The van der Waals surface area contributed by atoms with Crippen LogP contribution in [0.5, 0.6) is 0 Å². The van der Waals surface area contributed by atoms with Gasteiger partial charge >= 0.3 is 0 Å². The summed E-state index contributed by atoms with van der Waals surface area (Å²) < 4.78 is 0. The number of nitrogens with zero attached hydrogens (tertiary/aromatic N) is 3. The summed E-state index contributed by atoms with van der Waals surface area (Å²) in [6.07, 6.45) is 2.35. The van der Waals surface area contributed by atoms with E-state index in [2.05, 4.69) is 15.2 Å². The summed E-state index contributed by atoms with van der Waals surface area (Å²) in [5.41, 5.74) is 1.66. The van der Waals surface area contributed by atoms with Crippen LogP contribution in [0.3, 0.4) is 0 Å². The topological polar surface area (TPSA) is 65.5 Å². The molecule has 1 aliphatic heterocycles. The van der Waals surface area contributed by atoms with E-state index in [9.17, 15) is 9.59 Å². The number of nitrogens with one attached hydrogen (secondary N) is 1. The summed E-state index contributed by atoms with van der Waals surface area (Å²) >= 11 is 5.87. The number of benzene rings is 1. The number of piperazine rings is 1. The van der Waals surface area contributed by atoms with E-state index in [1.807, 2.05) is 35.2 Å². The van der Waals surface area contributed by atoms with E-state index in [0.29, 0.717) is 30.2 Å². The van der Waals surface area contributed by atoms with Crippen molar-refractivity contribution in [3.05, 3.63) is 58.7 Å². The van der Waals surface area contributed by atoms with Crippen LogP contribution in [-0.2, 0) is 11.2 Å². The fraction of sp³-hybridized carbons (Fsp3) is 0.350. The Morgan fingerprint density at radius 2 is 1.78 bits per heavy atom. The first-order valence-corrected chi connectivity index (χ1v) is 9.40. The molecule has 1 saturated heterocycles. The zero-order chi connectivity index (χ0) is 19.2. The highest BCUT2D eigenvalue weighted by Gasteiger charge is 2.19. The van der Waals surface area contributed by atoms with Gasteiger partial charge in [-0.25, -0.2) is 4.98 Å². The number of hydrogen-bond acceptors (Lipinski definition) is 4. The van der Waals surface area contributed by atoms with E-state index in [1.54, 1.807) is 19.2 Å². The molecule has 7 heteroatoms. The number of rotatable bonds is 5. The smallest absolute Gasteiger partial charge is 0.252 e.